The highest BCUT2D eigenvalue weighted by Gasteiger charge is 2.56. The van der Waals surface area contributed by atoms with Gasteiger partial charge in [-0.05, 0) is 55.9 Å². The van der Waals surface area contributed by atoms with Crippen LogP contribution in [-0.2, 0) is 0 Å². The average molecular weight is 326 g/mol. The number of hydrogen-bond acceptors (Lipinski definition) is 2. The molecule has 4 bridgehead atoms. The van der Waals surface area contributed by atoms with Gasteiger partial charge in [-0.25, -0.2) is 14.2 Å². The van der Waals surface area contributed by atoms with Gasteiger partial charge in [0.2, 0.25) is 0 Å². The van der Waals surface area contributed by atoms with Crippen LogP contribution in [0, 0.1) is 17.8 Å². The maximum absolute atomic E-state index is 15.0. The molecule has 6 heteroatoms. The first-order valence-electron chi connectivity index (χ1n) is 8.86. The summed E-state index contributed by atoms with van der Waals surface area (Å²) >= 11 is 0. The monoisotopic (exact) mass is 326 g/mol. The topological polar surface area (TPSA) is 66.5 Å². The van der Waals surface area contributed by atoms with Gasteiger partial charge in [0.05, 0.1) is 17.2 Å². The van der Waals surface area contributed by atoms with E-state index in [0.29, 0.717) is 18.8 Å². The molecule has 4 aliphatic carbocycles. The Kier molecular flexibility index (Phi) is 2.26. The smallest absolute Gasteiger partial charge is 0.326 e. The number of alkyl halides is 1. The molecule has 0 radical (unpaired) electrons. The molecule has 3 unspecified atom stereocenters. The number of nitrogens with one attached hydrogen (secondary N) is 2. The van der Waals surface area contributed by atoms with E-state index in [0.717, 1.165) is 41.3 Å². The second kappa shape index (κ2) is 4.10. The van der Waals surface area contributed by atoms with E-state index in [4.69, 9.17) is 0 Å². The highest BCUT2D eigenvalue weighted by molar-refractivity contribution is 6.00. The van der Waals surface area contributed by atoms with Crippen molar-refractivity contribution in [3.05, 3.63) is 28.9 Å². The first-order valence-corrected chi connectivity index (χ1v) is 8.86. The predicted molar refractivity (Wildman–Crippen MR) is 88.6 cm³/mol. The van der Waals surface area contributed by atoms with Crippen LogP contribution in [-0.4, -0.2) is 25.2 Å². The van der Waals surface area contributed by atoms with Crippen LogP contribution in [0.5, 0.6) is 0 Å². The quantitative estimate of drug-likeness (QED) is 0.720. The number of halogens is 1. The van der Waals surface area contributed by atoms with Crippen LogP contribution in [0.1, 0.15) is 38.1 Å². The zero-order valence-electron chi connectivity index (χ0n) is 13.3. The Morgan fingerprint density at radius 1 is 1.25 bits per heavy atom. The molecule has 2 N–H and O–H groups in total. The number of aromatic amines is 2. The third kappa shape index (κ3) is 1.54. The Balaban J connectivity index is 1.61. The van der Waals surface area contributed by atoms with Crippen molar-refractivity contribution in [3.63, 3.8) is 0 Å². The second-order valence-electron chi connectivity index (χ2n) is 8.17. The van der Waals surface area contributed by atoms with Crippen LogP contribution in [0.2, 0.25) is 0 Å². The van der Waals surface area contributed by atoms with E-state index >= 15 is 4.39 Å². The number of rotatable bonds is 1. The standard InChI is InChI=1S/C18H19FN4O/c19-18-5-9-3-10(6-18)14(11(4-9)7-18)23-15-12-1-2-20-16(12)21-8-13(15)22-17(23)24/h1-2,8-11,14H,3-7H2,(H,20,21)(H,22,24)/t9?,10-,11+,14?,18?. The average Bonchev–Trinajstić information content (AvgIpc) is 3.09. The summed E-state index contributed by atoms with van der Waals surface area (Å²) in [6, 6.07) is 2.09. The van der Waals surface area contributed by atoms with E-state index in [1.165, 1.54) is 0 Å². The highest BCUT2D eigenvalue weighted by atomic mass is 19.1. The summed E-state index contributed by atoms with van der Waals surface area (Å²) in [5, 5.41) is 0.967. The fraction of sp³-hybridized carbons (Fsp3) is 0.556. The Hall–Kier alpha value is -2.11. The van der Waals surface area contributed by atoms with E-state index in [1.54, 1.807) is 6.20 Å². The molecule has 4 saturated carbocycles. The molecule has 0 spiro atoms. The molecule has 124 valence electrons. The van der Waals surface area contributed by atoms with Gasteiger partial charge in [0.15, 0.2) is 0 Å². The van der Waals surface area contributed by atoms with Gasteiger partial charge in [-0.2, -0.15) is 0 Å². The number of aromatic nitrogens is 4. The Bertz CT molecular complexity index is 1010. The van der Waals surface area contributed by atoms with Crippen molar-refractivity contribution in [2.45, 2.75) is 43.8 Å². The molecular weight excluding hydrogens is 307 g/mol. The van der Waals surface area contributed by atoms with Gasteiger partial charge in [0.25, 0.3) is 0 Å². The van der Waals surface area contributed by atoms with E-state index in [2.05, 4.69) is 15.0 Å². The largest absolute Gasteiger partial charge is 0.346 e. The number of H-pyrrole nitrogens is 2. The Morgan fingerprint density at radius 3 is 2.79 bits per heavy atom. The van der Waals surface area contributed by atoms with Crippen molar-refractivity contribution in [1.29, 1.82) is 0 Å². The van der Waals surface area contributed by atoms with Crippen molar-refractivity contribution in [1.82, 2.24) is 19.5 Å². The molecule has 7 rings (SSSR count). The lowest BCUT2D eigenvalue weighted by Gasteiger charge is -2.57. The summed E-state index contributed by atoms with van der Waals surface area (Å²) in [6.07, 6.45) is 7.67. The van der Waals surface area contributed by atoms with Gasteiger partial charge in [0.1, 0.15) is 11.3 Å². The number of pyridine rings is 1. The molecule has 4 aliphatic rings. The summed E-state index contributed by atoms with van der Waals surface area (Å²) in [6.45, 7) is 0. The van der Waals surface area contributed by atoms with Crippen molar-refractivity contribution >= 4 is 22.1 Å². The molecule has 3 heterocycles. The number of hydrogen-bond donors (Lipinski definition) is 2. The zero-order valence-corrected chi connectivity index (χ0v) is 13.3. The fourth-order valence-corrected chi connectivity index (χ4v) is 6.23. The molecule has 5 atom stereocenters. The summed E-state index contributed by atoms with van der Waals surface area (Å²) < 4.78 is 16.9. The van der Waals surface area contributed by atoms with Crippen LogP contribution >= 0.6 is 0 Å². The molecule has 0 amide bonds. The number of nitrogens with zero attached hydrogens (tertiary/aromatic N) is 2. The SMILES string of the molecule is O=c1[nH]c2cnc3[nH]ccc3c2n1C1[C@@H]2CC3C[C@H]1CC(F)(C3)C2. The minimum Gasteiger partial charge on any atom is -0.346 e. The van der Waals surface area contributed by atoms with Crippen molar-refractivity contribution < 1.29 is 4.39 Å². The van der Waals surface area contributed by atoms with Crippen LogP contribution in [0.4, 0.5) is 4.39 Å². The lowest BCUT2D eigenvalue weighted by Crippen LogP contribution is -2.54. The molecule has 0 aliphatic heterocycles. The maximum atomic E-state index is 15.0. The molecule has 24 heavy (non-hydrogen) atoms. The van der Waals surface area contributed by atoms with Gasteiger partial charge in [0, 0.05) is 17.6 Å². The number of imidazole rings is 1. The summed E-state index contributed by atoms with van der Waals surface area (Å²) in [5.74, 6) is 1.07. The Morgan fingerprint density at radius 2 is 2.04 bits per heavy atom. The summed E-state index contributed by atoms with van der Waals surface area (Å²) in [4.78, 5) is 23.2. The van der Waals surface area contributed by atoms with Crippen LogP contribution in [0.25, 0.3) is 22.1 Å². The molecular formula is C18H19FN4O. The normalized spacial score (nSPS) is 37.7. The van der Waals surface area contributed by atoms with E-state index in [-0.39, 0.29) is 23.6 Å². The van der Waals surface area contributed by atoms with E-state index < -0.39 is 5.67 Å². The highest BCUT2D eigenvalue weighted by Crippen LogP contribution is 2.61. The van der Waals surface area contributed by atoms with E-state index in [9.17, 15) is 4.79 Å². The van der Waals surface area contributed by atoms with Gasteiger partial charge in [-0.1, -0.05) is 0 Å². The predicted octanol–water partition coefficient (Wildman–Crippen LogP) is 3.30. The molecule has 3 aromatic rings. The number of fused-ring (bicyclic) bond motifs is 3. The lowest BCUT2D eigenvalue weighted by atomic mass is 9.53. The molecule has 3 aromatic heterocycles. The summed E-state index contributed by atoms with van der Waals surface area (Å²) in [7, 11) is 0. The molecule has 4 fully saturated rings. The van der Waals surface area contributed by atoms with Crippen LogP contribution in [0.3, 0.4) is 0 Å². The zero-order chi connectivity index (χ0) is 16.1. The minimum absolute atomic E-state index is 0.0779. The van der Waals surface area contributed by atoms with Crippen molar-refractivity contribution in [2.75, 3.05) is 0 Å². The molecule has 0 saturated heterocycles. The first kappa shape index (κ1) is 13.2. The van der Waals surface area contributed by atoms with Crippen LogP contribution < -0.4 is 5.69 Å². The maximum Gasteiger partial charge on any atom is 0.326 e. The third-order valence-electron chi connectivity index (χ3n) is 6.71. The Labute approximate surface area is 137 Å². The van der Waals surface area contributed by atoms with Gasteiger partial charge in [-0.15, -0.1) is 0 Å². The van der Waals surface area contributed by atoms with Gasteiger partial charge < -0.3 is 9.97 Å². The first-order chi connectivity index (χ1) is 11.6. The fourth-order valence-electron chi connectivity index (χ4n) is 6.23. The second-order valence-corrected chi connectivity index (χ2v) is 8.17. The molecule has 0 aromatic carbocycles. The minimum atomic E-state index is -0.978. The molecule has 5 nitrogen and oxygen atoms in total. The van der Waals surface area contributed by atoms with Gasteiger partial charge in [-0.3, -0.25) is 4.57 Å². The third-order valence-corrected chi connectivity index (χ3v) is 6.71. The van der Waals surface area contributed by atoms with Crippen molar-refractivity contribution in [2.24, 2.45) is 17.8 Å². The van der Waals surface area contributed by atoms with Crippen LogP contribution in [0.15, 0.2) is 23.3 Å². The lowest BCUT2D eigenvalue weighted by molar-refractivity contribution is -0.103. The van der Waals surface area contributed by atoms with Crippen molar-refractivity contribution in [3.8, 4) is 0 Å². The van der Waals surface area contributed by atoms with Gasteiger partial charge >= 0.3 is 5.69 Å². The van der Waals surface area contributed by atoms with E-state index in [1.807, 2.05) is 16.8 Å². The summed E-state index contributed by atoms with van der Waals surface area (Å²) in [5.41, 5.74) is 1.44.